The Bertz CT molecular complexity index is 607. The summed E-state index contributed by atoms with van der Waals surface area (Å²) in [6.45, 7) is 3.40. The predicted octanol–water partition coefficient (Wildman–Crippen LogP) is 1.42. The number of halogens is 1. The first-order valence-corrected chi connectivity index (χ1v) is 6.32. The van der Waals surface area contributed by atoms with Gasteiger partial charge in [-0.3, -0.25) is 4.79 Å². The Hall–Kier alpha value is -1.59. The van der Waals surface area contributed by atoms with Gasteiger partial charge in [-0.1, -0.05) is 11.6 Å². The third kappa shape index (κ3) is 3.45. The number of amides is 1. The number of pyridine rings is 1. The van der Waals surface area contributed by atoms with Gasteiger partial charge in [-0.25, -0.2) is 4.98 Å². The van der Waals surface area contributed by atoms with Gasteiger partial charge in [-0.05, 0) is 26.0 Å². The van der Waals surface area contributed by atoms with E-state index in [4.69, 9.17) is 16.7 Å². The molecule has 0 aliphatic carbocycles. The zero-order valence-electron chi connectivity index (χ0n) is 10.9. The van der Waals surface area contributed by atoms with Crippen LogP contribution in [0.2, 0.25) is 5.02 Å². The number of nitrogens with one attached hydrogen (secondary N) is 1. The maximum atomic E-state index is 11.8. The highest BCUT2D eigenvalue weighted by atomic mass is 35.5. The molecule has 102 valence electrons. The number of carbonyl (C=O) groups excluding carboxylic acids is 1. The van der Waals surface area contributed by atoms with Gasteiger partial charge in [0.15, 0.2) is 0 Å². The van der Waals surface area contributed by atoms with Crippen LogP contribution in [0, 0.1) is 0 Å². The Morgan fingerprint density at radius 3 is 2.89 bits per heavy atom. The van der Waals surface area contributed by atoms with E-state index in [-0.39, 0.29) is 18.9 Å². The maximum Gasteiger partial charge on any atom is 0.226 e. The lowest BCUT2D eigenvalue weighted by Crippen LogP contribution is -2.46. The largest absolute Gasteiger partial charge is 0.394 e. The number of hydrogen-bond donors (Lipinski definition) is 2. The topological polar surface area (TPSA) is 66.6 Å². The van der Waals surface area contributed by atoms with Gasteiger partial charge in [0.1, 0.15) is 5.65 Å². The van der Waals surface area contributed by atoms with E-state index >= 15 is 0 Å². The molecule has 5 nitrogen and oxygen atoms in total. The van der Waals surface area contributed by atoms with Crippen molar-refractivity contribution in [3.8, 4) is 0 Å². The molecule has 19 heavy (non-hydrogen) atoms. The fraction of sp³-hybridized carbons (Fsp3) is 0.385. The minimum atomic E-state index is -0.625. The Morgan fingerprint density at radius 2 is 2.21 bits per heavy atom. The molecule has 0 spiro atoms. The fourth-order valence-corrected chi connectivity index (χ4v) is 1.90. The van der Waals surface area contributed by atoms with Crippen LogP contribution < -0.4 is 5.32 Å². The van der Waals surface area contributed by atoms with Crippen LogP contribution in [0.3, 0.4) is 0 Å². The van der Waals surface area contributed by atoms with E-state index < -0.39 is 5.54 Å². The summed E-state index contributed by atoms with van der Waals surface area (Å²) in [7, 11) is 0. The standard InChI is InChI=1S/C13H16ClN3O2/c1-13(2,8-18)16-12(19)5-10-7-17-6-9(14)3-4-11(17)15-10/h3-4,6-7,18H,5,8H2,1-2H3,(H,16,19). The number of nitrogens with zero attached hydrogens (tertiary/aromatic N) is 2. The molecule has 0 atom stereocenters. The van der Waals surface area contributed by atoms with Crippen molar-refractivity contribution in [3.05, 3.63) is 35.2 Å². The van der Waals surface area contributed by atoms with E-state index in [2.05, 4.69) is 10.3 Å². The van der Waals surface area contributed by atoms with E-state index in [1.165, 1.54) is 0 Å². The van der Waals surface area contributed by atoms with Gasteiger partial charge in [-0.15, -0.1) is 0 Å². The van der Waals surface area contributed by atoms with Gasteiger partial charge in [-0.2, -0.15) is 0 Å². The van der Waals surface area contributed by atoms with Gasteiger partial charge in [0.05, 0.1) is 29.3 Å². The van der Waals surface area contributed by atoms with Crippen molar-refractivity contribution >= 4 is 23.2 Å². The first kappa shape index (κ1) is 13.8. The van der Waals surface area contributed by atoms with Gasteiger partial charge in [0.2, 0.25) is 5.91 Å². The van der Waals surface area contributed by atoms with Crippen LogP contribution in [0.1, 0.15) is 19.5 Å². The predicted molar refractivity (Wildman–Crippen MR) is 73.2 cm³/mol. The van der Waals surface area contributed by atoms with Crippen LogP contribution in [0.4, 0.5) is 0 Å². The number of imidazole rings is 1. The zero-order valence-corrected chi connectivity index (χ0v) is 11.6. The highest BCUT2D eigenvalue weighted by Crippen LogP contribution is 2.12. The number of hydrogen-bond acceptors (Lipinski definition) is 3. The van der Waals surface area contributed by atoms with Crippen LogP contribution in [0.15, 0.2) is 24.5 Å². The van der Waals surface area contributed by atoms with E-state index in [1.807, 2.05) is 0 Å². The maximum absolute atomic E-state index is 11.8. The van der Waals surface area contributed by atoms with Crippen molar-refractivity contribution in [2.45, 2.75) is 25.8 Å². The average Bonchev–Trinajstić information content (AvgIpc) is 2.69. The molecular weight excluding hydrogens is 266 g/mol. The molecule has 1 amide bonds. The molecule has 0 bridgehead atoms. The molecule has 6 heteroatoms. The summed E-state index contributed by atoms with van der Waals surface area (Å²) in [6.07, 6.45) is 3.68. The molecule has 2 N–H and O–H groups in total. The van der Waals surface area contributed by atoms with Crippen molar-refractivity contribution < 1.29 is 9.90 Å². The second-order valence-corrected chi connectivity index (χ2v) is 5.55. The van der Waals surface area contributed by atoms with Gasteiger partial charge in [0, 0.05) is 12.4 Å². The van der Waals surface area contributed by atoms with E-state index in [0.29, 0.717) is 10.7 Å². The second-order valence-electron chi connectivity index (χ2n) is 5.11. The molecule has 2 aromatic heterocycles. The Morgan fingerprint density at radius 1 is 1.47 bits per heavy atom. The van der Waals surface area contributed by atoms with Gasteiger partial charge < -0.3 is 14.8 Å². The Labute approximate surface area is 116 Å². The van der Waals surface area contributed by atoms with Crippen LogP contribution in [-0.2, 0) is 11.2 Å². The van der Waals surface area contributed by atoms with E-state index in [0.717, 1.165) is 5.65 Å². The highest BCUT2D eigenvalue weighted by Gasteiger charge is 2.19. The molecule has 0 aliphatic rings. The van der Waals surface area contributed by atoms with E-state index in [1.54, 1.807) is 42.8 Å². The molecule has 0 fully saturated rings. The molecule has 0 aromatic carbocycles. The lowest BCUT2D eigenvalue weighted by Gasteiger charge is -2.23. The van der Waals surface area contributed by atoms with Gasteiger partial charge in [0.25, 0.3) is 0 Å². The minimum Gasteiger partial charge on any atom is -0.394 e. The molecule has 0 saturated heterocycles. The summed E-state index contributed by atoms with van der Waals surface area (Å²) in [4.78, 5) is 16.2. The second kappa shape index (κ2) is 5.19. The zero-order chi connectivity index (χ0) is 14.0. The fourth-order valence-electron chi connectivity index (χ4n) is 1.73. The lowest BCUT2D eigenvalue weighted by atomic mass is 10.1. The van der Waals surface area contributed by atoms with Crippen molar-refractivity contribution in [3.63, 3.8) is 0 Å². The summed E-state index contributed by atoms with van der Waals surface area (Å²) >= 11 is 5.88. The summed E-state index contributed by atoms with van der Waals surface area (Å²) in [5.74, 6) is -0.173. The number of aliphatic hydroxyl groups excluding tert-OH is 1. The first-order chi connectivity index (χ1) is 8.89. The lowest BCUT2D eigenvalue weighted by molar-refractivity contribution is -0.122. The van der Waals surface area contributed by atoms with Crippen molar-refractivity contribution in [2.75, 3.05) is 6.61 Å². The third-order valence-electron chi connectivity index (χ3n) is 2.68. The monoisotopic (exact) mass is 281 g/mol. The summed E-state index contributed by atoms with van der Waals surface area (Å²) in [6, 6.07) is 3.55. The molecule has 0 radical (unpaired) electrons. The van der Waals surface area contributed by atoms with Crippen LogP contribution in [0.5, 0.6) is 0 Å². The smallest absolute Gasteiger partial charge is 0.226 e. The third-order valence-corrected chi connectivity index (χ3v) is 2.90. The highest BCUT2D eigenvalue weighted by molar-refractivity contribution is 6.30. The Balaban J connectivity index is 2.11. The molecule has 0 unspecified atom stereocenters. The van der Waals surface area contributed by atoms with Crippen LogP contribution in [0.25, 0.3) is 5.65 Å². The quantitative estimate of drug-likeness (QED) is 0.891. The van der Waals surface area contributed by atoms with Crippen molar-refractivity contribution in [2.24, 2.45) is 0 Å². The van der Waals surface area contributed by atoms with Crippen molar-refractivity contribution in [1.82, 2.24) is 14.7 Å². The van der Waals surface area contributed by atoms with Crippen LogP contribution in [-0.4, -0.2) is 32.5 Å². The SMILES string of the molecule is CC(C)(CO)NC(=O)Cc1cn2cc(Cl)ccc2n1. The van der Waals surface area contributed by atoms with E-state index in [9.17, 15) is 4.79 Å². The Kier molecular flexibility index (Phi) is 3.78. The minimum absolute atomic E-state index is 0.112. The molecule has 2 aromatic rings. The summed E-state index contributed by atoms with van der Waals surface area (Å²) in [5, 5.41) is 12.5. The number of carbonyl (C=O) groups is 1. The summed E-state index contributed by atoms with van der Waals surface area (Å²) < 4.78 is 1.78. The van der Waals surface area contributed by atoms with Crippen LogP contribution >= 0.6 is 11.6 Å². The molecule has 2 heterocycles. The molecule has 0 aliphatic heterocycles. The average molecular weight is 282 g/mol. The first-order valence-electron chi connectivity index (χ1n) is 5.95. The van der Waals surface area contributed by atoms with Crippen molar-refractivity contribution in [1.29, 1.82) is 0 Å². The number of fused-ring (bicyclic) bond motifs is 1. The number of aromatic nitrogens is 2. The summed E-state index contributed by atoms with van der Waals surface area (Å²) in [5.41, 5.74) is 0.779. The molecule has 0 saturated carbocycles. The number of rotatable bonds is 4. The molecule has 2 rings (SSSR count). The normalized spacial score (nSPS) is 11.8. The van der Waals surface area contributed by atoms with Gasteiger partial charge >= 0.3 is 0 Å². The molecular formula is C13H16ClN3O2. The number of aliphatic hydroxyl groups is 1.